The Morgan fingerprint density at radius 2 is 2.11 bits per heavy atom. The molecule has 2 unspecified atom stereocenters. The van der Waals surface area contributed by atoms with Crippen molar-refractivity contribution in [2.75, 3.05) is 18.1 Å². The second-order valence-corrected chi connectivity index (χ2v) is 7.94. The molecule has 6 nitrogen and oxygen atoms in total. The van der Waals surface area contributed by atoms with E-state index in [2.05, 4.69) is 5.32 Å². The summed E-state index contributed by atoms with van der Waals surface area (Å²) in [5.41, 5.74) is 5.33. The Hall–Kier alpha value is -0.820. The van der Waals surface area contributed by atoms with Crippen LogP contribution >= 0.6 is 0 Å². The van der Waals surface area contributed by atoms with Crippen LogP contribution in [0.4, 0.5) is 4.79 Å². The van der Waals surface area contributed by atoms with Gasteiger partial charge in [0.25, 0.3) is 0 Å². The van der Waals surface area contributed by atoms with Gasteiger partial charge in [-0.25, -0.2) is 13.2 Å². The highest BCUT2D eigenvalue weighted by Gasteiger charge is 2.32. The van der Waals surface area contributed by atoms with Crippen molar-refractivity contribution in [3.8, 4) is 0 Å². The molecule has 1 amide bonds. The molecule has 3 N–H and O–H groups in total. The summed E-state index contributed by atoms with van der Waals surface area (Å²) >= 11 is 0. The summed E-state index contributed by atoms with van der Waals surface area (Å²) < 4.78 is 27.7. The third kappa shape index (κ3) is 5.22. The van der Waals surface area contributed by atoms with E-state index in [0.717, 1.165) is 0 Å². The smallest absolute Gasteiger partial charge is 0.407 e. The summed E-state index contributed by atoms with van der Waals surface area (Å²) in [6.45, 7) is 5.55. The Morgan fingerprint density at radius 1 is 1.50 bits per heavy atom. The molecule has 7 heteroatoms. The topological polar surface area (TPSA) is 98.5 Å². The van der Waals surface area contributed by atoms with Crippen molar-refractivity contribution >= 4 is 15.9 Å². The molecule has 1 heterocycles. The average molecular weight is 278 g/mol. The van der Waals surface area contributed by atoms with Gasteiger partial charge in [-0.3, -0.25) is 0 Å². The molecule has 0 radical (unpaired) electrons. The number of nitrogens with one attached hydrogen (secondary N) is 1. The van der Waals surface area contributed by atoms with Crippen LogP contribution in [-0.2, 0) is 14.6 Å². The van der Waals surface area contributed by atoms with E-state index in [1.54, 1.807) is 20.8 Å². The summed E-state index contributed by atoms with van der Waals surface area (Å²) in [6, 6.07) is -0.352. The maximum atomic E-state index is 11.4. The van der Waals surface area contributed by atoms with E-state index in [1.807, 2.05) is 0 Å². The highest BCUT2D eigenvalue weighted by Crippen LogP contribution is 2.20. The average Bonchev–Trinajstić information content (AvgIpc) is 2.52. The molecule has 0 aromatic rings. The Morgan fingerprint density at radius 3 is 2.56 bits per heavy atom. The number of alkyl carbamates (subject to hydrolysis) is 1. The molecule has 0 aromatic carbocycles. The van der Waals surface area contributed by atoms with Gasteiger partial charge in [-0.15, -0.1) is 0 Å². The predicted molar refractivity (Wildman–Crippen MR) is 69.0 cm³/mol. The van der Waals surface area contributed by atoms with Crippen molar-refractivity contribution < 1.29 is 17.9 Å². The van der Waals surface area contributed by atoms with Gasteiger partial charge in [0.1, 0.15) is 5.60 Å². The summed E-state index contributed by atoms with van der Waals surface area (Å²) in [5, 5.41) is 2.56. The zero-order chi connectivity index (χ0) is 14.0. The zero-order valence-corrected chi connectivity index (χ0v) is 11.9. The van der Waals surface area contributed by atoms with Crippen LogP contribution in [0, 0.1) is 5.92 Å². The van der Waals surface area contributed by atoms with Gasteiger partial charge in [0.2, 0.25) is 0 Å². The summed E-state index contributed by atoms with van der Waals surface area (Å²) in [7, 11) is -2.93. The molecule has 18 heavy (non-hydrogen) atoms. The van der Waals surface area contributed by atoms with E-state index in [1.165, 1.54) is 0 Å². The van der Waals surface area contributed by atoms with Gasteiger partial charge in [0.05, 0.1) is 11.5 Å². The standard InChI is InChI=1S/C11H22N2O4S/c1-11(2,3)17-10(14)13-6-9(12)8-4-5-18(15,16)7-8/h8-9H,4-7,12H2,1-3H3,(H,13,14). The van der Waals surface area contributed by atoms with E-state index in [9.17, 15) is 13.2 Å². The first kappa shape index (κ1) is 15.2. The van der Waals surface area contributed by atoms with E-state index in [-0.39, 0.29) is 30.0 Å². The van der Waals surface area contributed by atoms with Crippen LogP contribution in [0.5, 0.6) is 0 Å². The van der Waals surface area contributed by atoms with Gasteiger partial charge in [-0.2, -0.15) is 0 Å². The van der Waals surface area contributed by atoms with Gasteiger partial charge < -0.3 is 15.8 Å². The molecule has 0 aliphatic carbocycles. The quantitative estimate of drug-likeness (QED) is 0.772. The molecule has 0 aromatic heterocycles. The van der Waals surface area contributed by atoms with E-state index in [0.29, 0.717) is 6.42 Å². The number of amides is 1. The Balaban J connectivity index is 2.34. The van der Waals surface area contributed by atoms with Crippen molar-refractivity contribution in [3.05, 3.63) is 0 Å². The lowest BCUT2D eigenvalue weighted by Gasteiger charge is -2.22. The van der Waals surface area contributed by atoms with Crippen molar-refractivity contribution in [3.63, 3.8) is 0 Å². The fourth-order valence-electron chi connectivity index (χ4n) is 1.84. The molecule has 0 saturated carbocycles. The minimum absolute atomic E-state index is 0.0788. The van der Waals surface area contributed by atoms with Crippen LogP contribution in [0.3, 0.4) is 0 Å². The third-order valence-electron chi connectivity index (χ3n) is 2.75. The minimum Gasteiger partial charge on any atom is -0.444 e. The molecule has 1 fully saturated rings. The van der Waals surface area contributed by atoms with Crippen LogP contribution in [0.15, 0.2) is 0 Å². The molecule has 1 rings (SSSR count). The largest absolute Gasteiger partial charge is 0.444 e. The number of hydrogen-bond donors (Lipinski definition) is 2. The van der Waals surface area contributed by atoms with Crippen LogP contribution in [0.2, 0.25) is 0 Å². The highest BCUT2D eigenvalue weighted by atomic mass is 32.2. The van der Waals surface area contributed by atoms with Crippen molar-refractivity contribution in [1.82, 2.24) is 5.32 Å². The lowest BCUT2D eigenvalue weighted by molar-refractivity contribution is 0.0522. The third-order valence-corrected chi connectivity index (χ3v) is 4.55. The van der Waals surface area contributed by atoms with Crippen LogP contribution in [-0.4, -0.2) is 44.2 Å². The van der Waals surface area contributed by atoms with Gasteiger partial charge in [0.15, 0.2) is 9.84 Å². The molecule has 1 aliphatic heterocycles. The van der Waals surface area contributed by atoms with Gasteiger partial charge in [-0.05, 0) is 33.1 Å². The lowest BCUT2D eigenvalue weighted by atomic mass is 10.0. The maximum Gasteiger partial charge on any atom is 0.407 e. The number of carbonyl (C=O) groups is 1. The van der Waals surface area contributed by atoms with Crippen LogP contribution in [0.25, 0.3) is 0 Å². The fourth-order valence-corrected chi connectivity index (χ4v) is 3.74. The highest BCUT2D eigenvalue weighted by molar-refractivity contribution is 7.91. The second-order valence-electron chi connectivity index (χ2n) is 5.71. The van der Waals surface area contributed by atoms with Gasteiger partial charge >= 0.3 is 6.09 Å². The zero-order valence-electron chi connectivity index (χ0n) is 11.1. The number of nitrogens with two attached hydrogens (primary N) is 1. The van der Waals surface area contributed by atoms with Crippen molar-refractivity contribution in [2.45, 2.75) is 38.8 Å². The monoisotopic (exact) mass is 278 g/mol. The molecular formula is C11H22N2O4S. The maximum absolute atomic E-state index is 11.4. The molecule has 106 valence electrons. The second kappa shape index (κ2) is 5.44. The minimum atomic E-state index is -2.93. The van der Waals surface area contributed by atoms with Gasteiger partial charge in [0, 0.05) is 12.6 Å². The molecule has 1 aliphatic rings. The number of sulfone groups is 1. The van der Waals surface area contributed by atoms with Crippen molar-refractivity contribution in [2.24, 2.45) is 11.7 Å². The normalized spacial score (nSPS) is 24.6. The fraction of sp³-hybridized carbons (Fsp3) is 0.909. The number of rotatable bonds is 3. The number of ether oxygens (including phenoxy) is 1. The SMILES string of the molecule is CC(C)(C)OC(=O)NCC(N)C1CCS(=O)(=O)C1. The summed E-state index contributed by atoms with van der Waals surface area (Å²) in [5.74, 6) is 0.229. The molecule has 2 atom stereocenters. The van der Waals surface area contributed by atoms with E-state index < -0.39 is 21.5 Å². The summed E-state index contributed by atoms with van der Waals surface area (Å²) in [6.07, 6.45) is 0.0401. The van der Waals surface area contributed by atoms with Crippen LogP contribution < -0.4 is 11.1 Å². The van der Waals surface area contributed by atoms with E-state index >= 15 is 0 Å². The number of hydrogen-bond acceptors (Lipinski definition) is 5. The first-order chi connectivity index (χ1) is 8.09. The Kier molecular flexibility index (Phi) is 4.61. The summed E-state index contributed by atoms with van der Waals surface area (Å²) in [4.78, 5) is 11.4. The molecular weight excluding hydrogens is 256 g/mol. The Bertz CT molecular complexity index is 400. The first-order valence-electron chi connectivity index (χ1n) is 6.02. The number of carbonyl (C=O) groups excluding carboxylic acids is 1. The predicted octanol–water partition coefficient (Wildman–Crippen LogP) is 0.273. The van der Waals surface area contributed by atoms with Crippen molar-refractivity contribution in [1.29, 1.82) is 0 Å². The molecule has 1 saturated heterocycles. The van der Waals surface area contributed by atoms with Crippen LogP contribution in [0.1, 0.15) is 27.2 Å². The van der Waals surface area contributed by atoms with Gasteiger partial charge in [-0.1, -0.05) is 0 Å². The Labute approximate surface area is 108 Å². The molecule has 0 bridgehead atoms. The lowest BCUT2D eigenvalue weighted by Crippen LogP contribution is -2.44. The molecule has 0 spiro atoms. The first-order valence-corrected chi connectivity index (χ1v) is 7.84. The van der Waals surface area contributed by atoms with E-state index in [4.69, 9.17) is 10.5 Å².